The van der Waals surface area contributed by atoms with E-state index in [1.54, 1.807) is 0 Å². The van der Waals surface area contributed by atoms with Gasteiger partial charge in [-0.2, -0.15) is 0 Å². The maximum absolute atomic E-state index is 12.3. The van der Waals surface area contributed by atoms with E-state index in [1.165, 1.54) is 6.42 Å². The third-order valence-corrected chi connectivity index (χ3v) is 4.84. The SMILES string of the molecule is C[C@@H]1C[C@H](C)CN(C[C@H](C)NC(=O)Cc2cc(-c3ccccc3)on2)C1. The number of likely N-dealkylation sites (tertiary alicyclic amines) is 1. The third-order valence-electron chi connectivity index (χ3n) is 4.84. The molecule has 3 atom stereocenters. The van der Waals surface area contributed by atoms with Gasteiger partial charge in [-0.05, 0) is 25.2 Å². The molecule has 0 spiro atoms. The molecule has 2 heterocycles. The van der Waals surface area contributed by atoms with Crippen molar-refractivity contribution in [1.82, 2.24) is 15.4 Å². The molecule has 0 saturated carbocycles. The first kappa shape index (κ1) is 18.6. The number of hydrogen-bond donors (Lipinski definition) is 1. The van der Waals surface area contributed by atoms with Gasteiger partial charge in [-0.3, -0.25) is 4.79 Å². The summed E-state index contributed by atoms with van der Waals surface area (Å²) in [5.74, 6) is 2.14. The van der Waals surface area contributed by atoms with E-state index in [0.29, 0.717) is 11.5 Å². The van der Waals surface area contributed by atoms with Crippen molar-refractivity contribution in [3.05, 3.63) is 42.1 Å². The molecular formula is C21H29N3O2. The predicted octanol–water partition coefficient (Wildman–Crippen LogP) is 3.37. The van der Waals surface area contributed by atoms with Crippen LogP contribution >= 0.6 is 0 Å². The lowest BCUT2D eigenvalue weighted by Gasteiger charge is -2.36. The van der Waals surface area contributed by atoms with Crippen molar-refractivity contribution in [2.75, 3.05) is 19.6 Å². The van der Waals surface area contributed by atoms with E-state index in [9.17, 15) is 4.79 Å². The summed E-state index contributed by atoms with van der Waals surface area (Å²) in [5, 5.41) is 7.12. The standard InChI is InChI=1S/C21H29N3O2/c1-15-9-16(2)13-24(12-15)14-17(3)22-21(25)11-19-10-20(26-23-19)18-7-5-4-6-8-18/h4-8,10,15-17H,9,11-14H2,1-3H3,(H,22,25)/t15-,16+,17-/m0/s1. The van der Waals surface area contributed by atoms with Crippen molar-refractivity contribution in [3.63, 3.8) is 0 Å². The second kappa shape index (κ2) is 8.49. The van der Waals surface area contributed by atoms with E-state index < -0.39 is 0 Å². The minimum Gasteiger partial charge on any atom is -0.356 e. The van der Waals surface area contributed by atoms with Crippen LogP contribution in [0.4, 0.5) is 0 Å². The van der Waals surface area contributed by atoms with Gasteiger partial charge in [0.1, 0.15) is 0 Å². The zero-order valence-electron chi connectivity index (χ0n) is 15.9. The monoisotopic (exact) mass is 355 g/mol. The van der Waals surface area contributed by atoms with E-state index in [-0.39, 0.29) is 18.4 Å². The molecular weight excluding hydrogens is 326 g/mol. The molecule has 3 rings (SSSR count). The summed E-state index contributed by atoms with van der Waals surface area (Å²) >= 11 is 0. The van der Waals surface area contributed by atoms with E-state index in [2.05, 4.69) is 36.1 Å². The van der Waals surface area contributed by atoms with Gasteiger partial charge in [-0.15, -0.1) is 0 Å². The molecule has 0 radical (unpaired) electrons. The van der Waals surface area contributed by atoms with Gasteiger partial charge in [-0.25, -0.2) is 0 Å². The molecule has 1 aliphatic heterocycles. The van der Waals surface area contributed by atoms with Crippen LogP contribution in [-0.2, 0) is 11.2 Å². The fourth-order valence-electron chi connectivity index (χ4n) is 4.00. The smallest absolute Gasteiger partial charge is 0.226 e. The summed E-state index contributed by atoms with van der Waals surface area (Å²) in [6, 6.07) is 11.8. The Morgan fingerprint density at radius 3 is 2.65 bits per heavy atom. The minimum absolute atomic E-state index is 0.0106. The number of nitrogens with zero attached hydrogens (tertiary/aromatic N) is 2. The van der Waals surface area contributed by atoms with E-state index >= 15 is 0 Å². The normalized spacial score (nSPS) is 22.1. The highest BCUT2D eigenvalue weighted by Gasteiger charge is 2.23. The number of carbonyl (C=O) groups excluding carboxylic acids is 1. The maximum Gasteiger partial charge on any atom is 0.226 e. The molecule has 2 aromatic rings. The number of amides is 1. The highest BCUT2D eigenvalue weighted by Crippen LogP contribution is 2.21. The second-order valence-corrected chi connectivity index (χ2v) is 7.86. The van der Waals surface area contributed by atoms with Crippen LogP contribution in [-0.4, -0.2) is 41.6 Å². The Hall–Kier alpha value is -2.14. The van der Waals surface area contributed by atoms with Gasteiger partial charge in [0.15, 0.2) is 5.76 Å². The first-order valence-electron chi connectivity index (χ1n) is 9.52. The van der Waals surface area contributed by atoms with Crippen molar-refractivity contribution in [2.24, 2.45) is 11.8 Å². The zero-order valence-corrected chi connectivity index (χ0v) is 15.9. The average molecular weight is 355 g/mol. The highest BCUT2D eigenvalue weighted by atomic mass is 16.5. The van der Waals surface area contributed by atoms with Gasteiger partial charge in [0.05, 0.1) is 12.1 Å². The van der Waals surface area contributed by atoms with E-state index in [1.807, 2.05) is 36.4 Å². The number of carbonyl (C=O) groups is 1. The van der Waals surface area contributed by atoms with Crippen molar-refractivity contribution < 1.29 is 9.32 Å². The Kier molecular flexibility index (Phi) is 6.09. The zero-order chi connectivity index (χ0) is 18.5. The van der Waals surface area contributed by atoms with E-state index in [0.717, 1.165) is 37.0 Å². The van der Waals surface area contributed by atoms with Crippen LogP contribution in [0.15, 0.2) is 40.9 Å². The van der Waals surface area contributed by atoms with Gasteiger partial charge in [0.2, 0.25) is 5.91 Å². The topological polar surface area (TPSA) is 58.4 Å². The predicted molar refractivity (Wildman–Crippen MR) is 103 cm³/mol. The number of rotatable bonds is 6. The van der Waals surface area contributed by atoms with Crippen LogP contribution in [0.3, 0.4) is 0 Å². The molecule has 26 heavy (non-hydrogen) atoms. The molecule has 1 aromatic carbocycles. The Balaban J connectivity index is 1.48. The molecule has 1 aromatic heterocycles. The average Bonchev–Trinajstić information content (AvgIpc) is 3.02. The van der Waals surface area contributed by atoms with Gasteiger partial charge >= 0.3 is 0 Å². The molecule has 1 fully saturated rings. The van der Waals surface area contributed by atoms with Gasteiger partial charge in [0.25, 0.3) is 0 Å². The van der Waals surface area contributed by atoms with Crippen LogP contribution < -0.4 is 5.32 Å². The molecule has 5 nitrogen and oxygen atoms in total. The number of piperidine rings is 1. The van der Waals surface area contributed by atoms with E-state index in [4.69, 9.17) is 4.52 Å². The summed E-state index contributed by atoms with van der Waals surface area (Å²) in [6.45, 7) is 9.82. The number of hydrogen-bond acceptors (Lipinski definition) is 4. The summed E-state index contributed by atoms with van der Waals surface area (Å²) in [4.78, 5) is 14.8. The first-order valence-corrected chi connectivity index (χ1v) is 9.52. The molecule has 1 saturated heterocycles. The molecule has 1 N–H and O–H groups in total. The quantitative estimate of drug-likeness (QED) is 0.863. The minimum atomic E-state index is -0.0106. The fraction of sp³-hybridized carbons (Fsp3) is 0.524. The molecule has 0 aliphatic carbocycles. The van der Waals surface area contributed by atoms with Crippen LogP contribution in [0.1, 0.15) is 32.9 Å². The summed E-state index contributed by atoms with van der Waals surface area (Å²) in [7, 11) is 0. The number of benzene rings is 1. The van der Waals surface area contributed by atoms with Gasteiger partial charge < -0.3 is 14.7 Å². The Morgan fingerprint density at radius 2 is 1.96 bits per heavy atom. The Morgan fingerprint density at radius 1 is 1.27 bits per heavy atom. The number of aromatic nitrogens is 1. The summed E-state index contributed by atoms with van der Waals surface area (Å²) in [5.41, 5.74) is 1.63. The lowest BCUT2D eigenvalue weighted by atomic mass is 9.92. The molecule has 1 aliphatic rings. The van der Waals surface area contributed by atoms with Crippen molar-refractivity contribution in [1.29, 1.82) is 0 Å². The first-order chi connectivity index (χ1) is 12.5. The van der Waals surface area contributed by atoms with Crippen LogP contribution in [0.5, 0.6) is 0 Å². The molecule has 0 unspecified atom stereocenters. The van der Waals surface area contributed by atoms with Crippen LogP contribution in [0, 0.1) is 11.8 Å². The summed E-state index contributed by atoms with van der Waals surface area (Å²) < 4.78 is 5.36. The largest absolute Gasteiger partial charge is 0.356 e. The van der Waals surface area contributed by atoms with Crippen LogP contribution in [0.2, 0.25) is 0 Å². The Bertz CT molecular complexity index is 703. The summed E-state index contributed by atoms with van der Waals surface area (Å²) in [6.07, 6.45) is 1.54. The molecule has 1 amide bonds. The lowest BCUT2D eigenvalue weighted by molar-refractivity contribution is -0.121. The Labute approximate surface area is 155 Å². The third kappa shape index (κ3) is 5.18. The van der Waals surface area contributed by atoms with Crippen molar-refractivity contribution >= 4 is 5.91 Å². The number of nitrogens with one attached hydrogen (secondary N) is 1. The van der Waals surface area contributed by atoms with Crippen molar-refractivity contribution in [2.45, 2.75) is 39.7 Å². The molecule has 140 valence electrons. The van der Waals surface area contributed by atoms with Gasteiger partial charge in [-0.1, -0.05) is 49.3 Å². The van der Waals surface area contributed by atoms with Gasteiger partial charge in [0, 0.05) is 37.3 Å². The van der Waals surface area contributed by atoms with Crippen LogP contribution in [0.25, 0.3) is 11.3 Å². The lowest BCUT2D eigenvalue weighted by Crippen LogP contribution is -2.47. The molecule has 0 bridgehead atoms. The second-order valence-electron chi connectivity index (χ2n) is 7.86. The van der Waals surface area contributed by atoms with Crippen molar-refractivity contribution in [3.8, 4) is 11.3 Å². The molecule has 5 heteroatoms. The highest BCUT2D eigenvalue weighted by molar-refractivity contribution is 5.78. The fourth-order valence-corrected chi connectivity index (χ4v) is 4.00. The maximum atomic E-state index is 12.3.